The van der Waals surface area contributed by atoms with Crippen LogP contribution in [0.15, 0.2) is 48.5 Å². The molecule has 132 valence electrons. The maximum atomic E-state index is 11.0. The van der Waals surface area contributed by atoms with E-state index in [2.05, 4.69) is 51.1 Å². The first-order valence-electron chi connectivity index (χ1n) is 8.50. The number of aryl methyl sites for hydroxylation is 2. The number of methoxy groups -OCH3 is 1. The van der Waals surface area contributed by atoms with Crippen LogP contribution in [0.5, 0.6) is 5.75 Å². The number of benzene rings is 3. The Hall–Kier alpha value is -3.07. The Morgan fingerprint density at radius 1 is 0.962 bits per heavy atom. The second-order valence-corrected chi connectivity index (χ2v) is 6.54. The van der Waals surface area contributed by atoms with E-state index in [0.717, 1.165) is 28.0 Å². The third-order valence-electron chi connectivity index (χ3n) is 4.78. The van der Waals surface area contributed by atoms with Gasteiger partial charge in [0.1, 0.15) is 5.75 Å². The van der Waals surface area contributed by atoms with Crippen molar-refractivity contribution in [2.24, 2.45) is 0 Å². The van der Waals surface area contributed by atoms with Crippen LogP contribution >= 0.6 is 0 Å². The van der Waals surface area contributed by atoms with Crippen molar-refractivity contribution in [3.05, 3.63) is 76.3 Å². The van der Waals surface area contributed by atoms with E-state index in [1.807, 2.05) is 12.1 Å². The van der Waals surface area contributed by atoms with E-state index in [4.69, 9.17) is 9.84 Å². The molecular weight excluding hydrogens is 324 g/mol. The molecule has 3 heteroatoms. The monoisotopic (exact) mass is 346 g/mol. The molecule has 0 saturated carbocycles. The molecule has 0 aliphatic carbocycles. The van der Waals surface area contributed by atoms with Gasteiger partial charge in [-0.1, -0.05) is 30.3 Å². The zero-order chi connectivity index (χ0) is 18.8. The Morgan fingerprint density at radius 3 is 2.23 bits per heavy atom. The molecule has 0 atom stereocenters. The zero-order valence-electron chi connectivity index (χ0n) is 15.5. The smallest absolute Gasteiger partial charge is 0.335 e. The number of hydrogen-bond donors (Lipinski definition) is 1. The molecule has 0 aliphatic heterocycles. The van der Waals surface area contributed by atoms with E-state index in [9.17, 15) is 4.79 Å². The van der Waals surface area contributed by atoms with Crippen molar-refractivity contribution in [3.63, 3.8) is 0 Å². The van der Waals surface area contributed by atoms with Gasteiger partial charge in [-0.15, -0.1) is 0 Å². The highest BCUT2D eigenvalue weighted by atomic mass is 16.5. The summed E-state index contributed by atoms with van der Waals surface area (Å²) >= 11 is 0. The first-order chi connectivity index (χ1) is 12.4. The Labute approximate surface area is 153 Å². The van der Waals surface area contributed by atoms with Crippen LogP contribution in [-0.2, 0) is 0 Å². The molecular formula is C23H22O3. The summed E-state index contributed by atoms with van der Waals surface area (Å²) in [4.78, 5) is 11.0. The maximum absolute atomic E-state index is 11.0. The summed E-state index contributed by atoms with van der Waals surface area (Å²) in [5, 5.41) is 11.4. The molecule has 0 saturated heterocycles. The van der Waals surface area contributed by atoms with Crippen molar-refractivity contribution in [2.45, 2.75) is 20.8 Å². The molecule has 3 nitrogen and oxygen atoms in total. The highest BCUT2D eigenvalue weighted by molar-refractivity contribution is 5.94. The molecule has 3 rings (SSSR count). The van der Waals surface area contributed by atoms with Crippen molar-refractivity contribution in [3.8, 4) is 5.75 Å². The summed E-state index contributed by atoms with van der Waals surface area (Å²) in [5.41, 5.74) is 5.88. The van der Waals surface area contributed by atoms with Crippen LogP contribution < -0.4 is 4.74 Å². The number of fused-ring (bicyclic) bond motifs is 1. The average molecular weight is 346 g/mol. The van der Waals surface area contributed by atoms with Crippen molar-refractivity contribution in [1.82, 2.24) is 0 Å². The van der Waals surface area contributed by atoms with Gasteiger partial charge in [-0.3, -0.25) is 0 Å². The highest BCUT2D eigenvalue weighted by Gasteiger charge is 2.09. The van der Waals surface area contributed by atoms with E-state index in [1.54, 1.807) is 19.2 Å². The molecule has 0 aromatic heterocycles. The molecule has 0 radical (unpaired) electrons. The van der Waals surface area contributed by atoms with Crippen LogP contribution in [0.2, 0.25) is 0 Å². The summed E-state index contributed by atoms with van der Waals surface area (Å²) in [5.74, 6) is 0.00147. The largest absolute Gasteiger partial charge is 0.496 e. The van der Waals surface area contributed by atoms with E-state index in [1.165, 1.54) is 16.3 Å². The van der Waals surface area contributed by atoms with Crippen LogP contribution in [0.1, 0.15) is 39.5 Å². The highest BCUT2D eigenvalue weighted by Crippen LogP contribution is 2.32. The summed E-state index contributed by atoms with van der Waals surface area (Å²) < 4.78 is 5.46. The molecule has 0 unspecified atom stereocenters. The number of rotatable bonds is 4. The average Bonchev–Trinajstić information content (AvgIpc) is 2.64. The summed E-state index contributed by atoms with van der Waals surface area (Å²) in [6.07, 6.45) is 2.07. The van der Waals surface area contributed by atoms with Crippen molar-refractivity contribution < 1.29 is 14.6 Å². The molecule has 0 amide bonds. The Kier molecular flexibility index (Phi) is 4.81. The van der Waals surface area contributed by atoms with Gasteiger partial charge in [0.05, 0.1) is 12.7 Å². The third-order valence-corrected chi connectivity index (χ3v) is 4.78. The third kappa shape index (κ3) is 3.33. The molecule has 0 heterocycles. The Balaban J connectivity index is 2.01. The summed E-state index contributed by atoms with van der Waals surface area (Å²) in [6, 6.07) is 15.4. The molecule has 26 heavy (non-hydrogen) atoms. The normalized spacial score (nSPS) is 11.6. The van der Waals surface area contributed by atoms with Gasteiger partial charge in [-0.2, -0.15) is 0 Å². The van der Waals surface area contributed by atoms with E-state index in [-0.39, 0.29) is 0 Å². The number of carboxylic acids is 1. The van der Waals surface area contributed by atoms with Crippen LogP contribution in [0.3, 0.4) is 0 Å². The predicted molar refractivity (Wildman–Crippen MR) is 107 cm³/mol. The van der Waals surface area contributed by atoms with E-state index >= 15 is 0 Å². The quantitative estimate of drug-likeness (QED) is 0.614. The van der Waals surface area contributed by atoms with Gasteiger partial charge in [-0.25, -0.2) is 4.79 Å². The fourth-order valence-electron chi connectivity index (χ4n) is 3.23. The number of aromatic carboxylic acids is 1. The van der Waals surface area contributed by atoms with Crippen LogP contribution in [0.4, 0.5) is 0 Å². The number of allylic oxidation sites excluding steroid dienone is 1. The second kappa shape index (κ2) is 7.04. The minimum absolute atomic E-state index is 0.297. The topological polar surface area (TPSA) is 46.5 Å². The van der Waals surface area contributed by atoms with Crippen LogP contribution in [-0.4, -0.2) is 18.2 Å². The Bertz CT molecular complexity index is 1010. The van der Waals surface area contributed by atoms with Crippen molar-refractivity contribution >= 4 is 28.4 Å². The lowest BCUT2D eigenvalue weighted by Gasteiger charge is -2.13. The molecule has 0 bridgehead atoms. The lowest BCUT2D eigenvalue weighted by molar-refractivity contribution is 0.0697. The lowest BCUT2D eigenvalue weighted by Crippen LogP contribution is -1.95. The number of ether oxygens (including phenoxy) is 1. The first-order valence-corrected chi connectivity index (χ1v) is 8.50. The SMILES string of the molecule is COc1cc(C)c2cc(/C(C)=C\c3ccc(C(=O)O)cc3)ccc2c1C. The molecule has 0 aliphatic rings. The molecule has 3 aromatic rings. The predicted octanol–water partition coefficient (Wildman–Crippen LogP) is 5.72. The van der Waals surface area contributed by atoms with Gasteiger partial charge in [0.25, 0.3) is 0 Å². The number of carboxylic acid groups (broad SMARTS) is 1. The van der Waals surface area contributed by atoms with E-state index < -0.39 is 5.97 Å². The fourth-order valence-corrected chi connectivity index (χ4v) is 3.23. The number of carbonyl (C=O) groups is 1. The van der Waals surface area contributed by atoms with Crippen LogP contribution in [0.25, 0.3) is 22.4 Å². The standard InChI is InChI=1S/C23H22O3/c1-14(11-17-5-7-18(8-6-17)23(24)25)19-9-10-20-16(3)22(26-4)12-15(2)21(20)13-19/h5-13H,1-4H3,(H,24,25)/b14-11-. The van der Waals surface area contributed by atoms with Crippen LogP contribution in [0, 0.1) is 13.8 Å². The first kappa shape index (κ1) is 17.7. The number of hydrogen-bond acceptors (Lipinski definition) is 2. The molecule has 3 aromatic carbocycles. The van der Waals surface area contributed by atoms with Gasteiger partial charge in [0, 0.05) is 0 Å². The molecule has 0 spiro atoms. The summed E-state index contributed by atoms with van der Waals surface area (Å²) in [6.45, 7) is 6.24. The lowest BCUT2D eigenvalue weighted by atomic mass is 9.95. The van der Waals surface area contributed by atoms with Gasteiger partial charge in [0.2, 0.25) is 0 Å². The van der Waals surface area contributed by atoms with Gasteiger partial charge < -0.3 is 9.84 Å². The minimum atomic E-state index is -0.909. The van der Waals surface area contributed by atoms with Gasteiger partial charge in [-0.05, 0) is 83.6 Å². The second-order valence-electron chi connectivity index (χ2n) is 6.54. The minimum Gasteiger partial charge on any atom is -0.496 e. The molecule has 0 fully saturated rings. The summed E-state index contributed by atoms with van der Waals surface area (Å²) in [7, 11) is 1.70. The zero-order valence-corrected chi connectivity index (χ0v) is 15.5. The Morgan fingerprint density at radius 2 is 1.62 bits per heavy atom. The van der Waals surface area contributed by atoms with Gasteiger partial charge >= 0.3 is 5.97 Å². The fraction of sp³-hybridized carbons (Fsp3) is 0.174. The van der Waals surface area contributed by atoms with Crippen molar-refractivity contribution in [2.75, 3.05) is 7.11 Å². The van der Waals surface area contributed by atoms with Crippen molar-refractivity contribution in [1.29, 1.82) is 0 Å². The van der Waals surface area contributed by atoms with Gasteiger partial charge in [0.15, 0.2) is 0 Å². The van der Waals surface area contributed by atoms with E-state index in [0.29, 0.717) is 5.56 Å². The maximum Gasteiger partial charge on any atom is 0.335 e. The molecule has 1 N–H and O–H groups in total.